The Kier molecular flexibility index (Phi) is 6.45. The summed E-state index contributed by atoms with van der Waals surface area (Å²) >= 11 is 1.62. The fourth-order valence-corrected chi connectivity index (χ4v) is 3.47. The van der Waals surface area contributed by atoms with Crippen molar-refractivity contribution >= 4 is 17.7 Å². The van der Waals surface area contributed by atoms with Gasteiger partial charge in [0.2, 0.25) is 5.91 Å². The fraction of sp³-hybridized carbons (Fsp3) is 0.182. The Hall–Kier alpha value is -2.59. The van der Waals surface area contributed by atoms with Crippen molar-refractivity contribution in [2.45, 2.75) is 18.7 Å². The van der Waals surface area contributed by atoms with Crippen LogP contribution >= 0.6 is 11.8 Å². The van der Waals surface area contributed by atoms with Gasteiger partial charge in [-0.3, -0.25) is 9.78 Å². The average molecular weight is 362 g/mol. The van der Waals surface area contributed by atoms with Crippen LogP contribution in [0.3, 0.4) is 0 Å². The maximum absolute atomic E-state index is 12.5. The molecule has 26 heavy (non-hydrogen) atoms. The number of benzene rings is 2. The molecular weight excluding hydrogens is 340 g/mol. The second kappa shape index (κ2) is 9.20. The molecule has 1 aromatic heterocycles. The molecule has 132 valence electrons. The van der Waals surface area contributed by atoms with E-state index in [1.54, 1.807) is 18.0 Å². The Morgan fingerprint density at radius 3 is 2.42 bits per heavy atom. The molecule has 0 radical (unpaired) electrons. The van der Waals surface area contributed by atoms with Gasteiger partial charge < -0.3 is 5.32 Å². The largest absolute Gasteiger partial charge is 0.343 e. The van der Waals surface area contributed by atoms with Gasteiger partial charge >= 0.3 is 0 Å². The molecule has 1 atom stereocenters. The summed E-state index contributed by atoms with van der Waals surface area (Å²) in [6, 6.07) is 23.9. The molecule has 1 N–H and O–H groups in total. The van der Waals surface area contributed by atoms with Crippen molar-refractivity contribution < 1.29 is 4.79 Å². The van der Waals surface area contributed by atoms with Crippen LogP contribution < -0.4 is 5.32 Å². The number of carbonyl (C=O) groups excluding carboxylic acids is 1. The maximum Gasteiger partial charge on any atom is 0.230 e. The van der Waals surface area contributed by atoms with Crippen LogP contribution in [0.15, 0.2) is 79.0 Å². The summed E-state index contributed by atoms with van der Waals surface area (Å²) in [7, 11) is 0. The summed E-state index contributed by atoms with van der Waals surface area (Å²) in [5.41, 5.74) is 4.36. The predicted octanol–water partition coefficient (Wildman–Crippen LogP) is 4.53. The molecule has 0 aliphatic carbocycles. The van der Waals surface area contributed by atoms with Crippen molar-refractivity contribution in [3.63, 3.8) is 0 Å². The van der Waals surface area contributed by atoms with Gasteiger partial charge in [0.05, 0.1) is 17.5 Å². The number of aryl methyl sites for hydroxylation is 1. The smallest absolute Gasteiger partial charge is 0.230 e. The zero-order valence-corrected chi connectivity index (χ0v) is 15.6. The summed E-state index contributed by atoms with van der Waals surface area (Å²) < 4.78 is 0. The van der Waals surface area contributed by atoms with Crippen molar-refractivity contribution in [3.05, 3.63) is 101 Å². The normalized spacial score (nSPS) is 11.7. The molecule has 3 rings (SSSR count). The van der Waals surface area contributed by atoms with E-state index in [1.807, 2.05) is 48.5 Å². The lowest BCUT2D eigenvalue weighted by Gasteiger charge is -2.18. The molecule has 0 aliphatic heterocycles. The van der Waals surface area contributed by atoms with Crippen molar-refractivity contribution in [2.24, 2.45) is 0 Å². The van der Waals surface area contributed by atoms with E-state index in [-0.39, 0.29) is 11.9 Å². The molecule has 0 saturated carbocycles. The predicted molar refractivity (Wildman–Crippen MR) is 108 cm³/mol. The third kappa shape index (κ3) is 5.20. The fourth-order valence-electron chi connectivity index (χ4n) is 2.67. The molecule has 3 nitrogen and oxygen atoms in total. The van der Waals surface area contributed by atoms with E-state index in [9.17, 15) is 4.79 Å². The molecular formula is C22H22N2OS. The quantitative estimate of drug-likeness (QED) is 0.671. The Morgan fingerprint density at radius 1 is 1.00 bits per heavy atom. The van der Waals surface area contributed by atoms with Crippen LogP contribution in [0.4, 0.5) is 0 Å². The summed E-state index contributed by atoms with van der Waals surface area (Å²) in [6.07, 6.45) is 1.75. The minimum absolute atomic E-state index is 0.0154. The minimum atomic E-state index is -0.232. The average Bonchev–Trinajstić information content (AvgIpc) is 2.69. The molecule has 0 fully saturated rings. The van der Waals surface area contributed by atoms with Crippen LogP contribution in [-0.4, -0.2) is 16.6 Å². The van der Waals surface area contributed by atoms with Crippen molar-refractivity contribution in [1.29, 1.82) is 0 Å². The van der Waals surface area contributed by atoms with E-state index in [0.717, 1.165) is 17.0 Å². The molecule has 0 bridgehead atoms. The van der Waals surface area contributed by atoms with Gasteiger partial charge in [-0.15, -0.1) is 11.8 Å². The van der Waals surface area contributed by atoms with Crippen molar-refractivity contribution in [1.82, 2.24) is 10.3 Å². The summed E-state index contributed by atoms with van der Waals surface area (Å²) in [5, 5.41) is 3.12. The van der Waals surface area contributed by atoms with Crippen molar-refractivity contribution in [3.8, 4) is 0 Å². The highest BCUT2D eigenvalue weighted by Crippen LogP contribution is 2.20. The highest BCUT2D eigenvalue weighted by molar-refractivity contribution is 7.99. The number of pyridine rings is 1. The van der Waals surface area contributed by atoms with E-state index in [4.69, 9.17) is 0 Å². The van der Waals surface area contributed by atoms with Crippen LogP contribution in [0.2, 0.25) is 0 Å². The van der Waals surface area contributed by atoms with Crippen LogP contribution in [0.5, 0.6) is 0 Å². The molecule has 1 amide bonds. The number of nitrogens with zero attached hydrogens (tertiary/aromatic N) is 1. The lowest BCUT2D eigenvalue weighted by atomic mass is 10.0. The van der Waals surface area contributed by atoms with E-state index in [1.165, 1.54) is 11.1 Å². The first-order valence-electron chi connectivity index (χ1n) is 8.61. The summed E-state index contributed by atoms with van der Waals surface area (Å²) in [4.78, 5) is 16.9. The van der Waals surface area contributed by atoms with E-state index >= 15 is 0 Å². The number of rotatable bonds is 7. The van der Waals surface area contributed by atoms with Crippen molar-refractivity contribution in [2.75, 3.05) is 5.75 Å². The molecule has 0 aliphatic rings. The zero-order chi connectivity index (χ0) is 18.2. The Balaban J connectivity index is 1.61. The molecule has 4 heteroatoms. The first kappa shape index (κ1) is 18.2. The number of nitrogens with one attached hydrogen (secondary N) is 1. The van der Waals surface area contributed by atoms with E-state index in [0.29, 0.717) is 5.75 Å². The first-order valence-corrected chi connectivity index (χ1v) is 9.76. The second-order valence-electron chi connectivity index (χ2n) is 6.14. The molecule has 1 heterocycles. The number of thioether (sulfide) groups is 1. The van der Waals surface area contributed by atoms with Crippen LogP contribution in [0, 0.1) is 6.92 Å². The summed E-state index contributed by atoms with van der Waals surface area (Å²) in [5.74, 6) is 1.26. The standard InChI is InChI=1S/C22H22N2OS/c1-17-10-12-18(13-11-17)15-26-16-21(25)24-22(19-7-3-2-4-8-19)20-9-5-6-14-23-20/h2-14,22H,15-16H2,1H3,(H,24,25). The van der Waals surface area contributed by atoms with Gasteiger partial charge in [0.15, 0.2) is 0 Å². The van der Waals surface area contributed by atoms with Crippen LogP contribution in [0.25, 0.3) is 0 Å². The van der Waals surface area contributed by atoms with Gasteiger partial charge in [-0.05, 0) is 30.2 Å². The van der Waals surface area contributed by atoms with Gasteiger partial charge in [-0.25, -0.2) is 0 Å². The topological polar surface area (TPSA) is 42.0 Å². The number of carbonyl (C=O) groups is 1. The lowest BCUT2D eigenvalue weighted by molar-refractivity contribution is -0.119. The monoisotopic (exact) mass is 362 g/mol. The maximum atomic E-state index is 12.5. The summed E-state index contributed by atoms with van der Waals surface area (Å²) in [6.45, 7) is 2.08. The molecule has 1 unspecified atom stereocenters. The molecule has 0 spiro atoms. The SMILES string of the molecule is Cc1ccc(CSCC(=O)NC(c2ccccc2)c2ccccn2)cc1. The number of aromatic nitrogens is 1. The third-order valence-corrected chi connectivity index (χ3v) is 5.05. The lowest BCUT2D eigenvalue weighted by Crippen LogP contribution is -2.31. The van der Waals surface area contributed by atoms with E-state index < -0.39 is 0 Å². The highest BCUT2D eigenvalue weighted by Gasteiger charge is 2.17. The molecule has 0 saturated heterocycles. The first-order chi connectivity index (χ1) is 12.7. The van der Waals surface area contributed by atoms with Gasteiger partial charge in [0, 0.05) is 11.9 Å². The number of hydrogen-bond donors (Lipinski definition) is 1. The number of hydrogen-bond acceptors (Lipinski definition) is 3. The second-order valence-corrected chi connectivity index (χ2v) is 7.13. The zero-order valence-electron chi connectivity index (χ0n) is 14.8. The number of amides is 1. The van der Waals surface area contributed by atoms with Gasteiger partial charge in [-0.2, -0.15) is 0 Å². The van der Waals surface area contributed by atoms with Gasteiger partial charge in [-0.1, -0.05) is 66.2 Å². The van der Waals surface area contributed by atoms with Gasteiger partial charge in [0.1, 0.15) is 0 Å². The Morgan fingerprint density at radius 2 is 1.73 bits per heavy atom. The van der Waals surface area contributed by atoms with Gasteiger partial charge in [0.25, 0.3) is 0 Å². The minimum Gasteiger partial charge on any atom is -0.343 e. The molecule has 2 aromatic carbocycles. The molecule has 3 aromatic rings. The van der Waals surface area contributed by atoms with Crippen LogP contribution in [-0.2, 0) is 10.5 Å². The highest BCUT2D eigenvalue weighted by atomic mass is 32.2. The Bertz CT molecular complexity index is 780. The third-order valence-electron chi connectivity index (χ3n) is 4.04. The Labute approximate surface area is 158 Å². The van der Waals surface area contributed by atoms with Crippen LogP contribution in [0.1, 0.15) is 28.4 Å². The van der Waals surface area contributed by atoms with E-state index in [2.05, 4.69) is 41.5 Å².